The van der Waals surface area contributed by atoms with Gasteiger partial charge in [-0.15, -0.1) is 11.3 Å². The molecule has 0 unspecified atom stereocenters. The number of anilines is 4. The summed E-state index contributed by atoms with van der Waals surface area (Å²) in [5.74, 6) is 1.46. The van der Waals surface area contributed by atoms with Crippen LogP contribution in [0.2, 0.25) is 0 Å². The highest BCUT2D eigenvalue weighted by atomic mass is 32.1. The zero-order chi connectivity index (χ0) is 18.5. The number of thiophene rings is 1. The Labute approximate surface area is 155 Å². The number of nitrogen functional groups attached to an aromatic ring is 1. The van der Waals surface area contributed by atoms with Crippen LogP contribution in [-0.2, 0) is 0 Å². The lowest BCUT2D eigenvalue weighted by Gasteiger charge is -2.21. The quantitative estimate of drug-likeness (QED) is 0.427. The van der Waals surface area contributed by atoms with Gasteiger partial charge in [0.15, 0.2) is 17.4 Å². The van der Waals surface area contributed by atoms with Crippen LogP contribution < -0.4 is 16.4 Å². The number of hydrogen-bond donors (Lipinski definition) is 4. The van der Waals surface area contributed by atoms with Crippen LogP contribution in [-0.4, -0.2) is 25.5 Å². The average Bonchev–Trinajstić information content (AvgIpc) is 3.06. The highest BCUT2D eigenvalue weighted by Crippen LogP contribution is 2.29. The third kappa shape index (κ3) is 3.28. The first kappa shape index (κ1) is 16.6. The molecule has 3 aromatic heterocycles. The largest absolute Gasteiger partial charge is 0.369 e. The van der Waals surface area contributed by atoms with Crippen molar-refractivity contribution in [1.29, 1.82) is 0 Å². The van der Waals surface area contributed by atoms with Crippen molar-refractivity contribution < 1.29 is 0 Å². The predicted molar refractivity (Wildman–Crippen MR) is 109 cm³/mol. The van der Waals surface area contributed by atoms with E-state index in [1.165, 1.54) is 15.0 Å². The number of nitrogens with one attached hydrogen (secondary N) is 3. The molecule has 0 atom stereocenters. The fourth-order valence-electron chi connectivity index (χ4n) is 2.80. The number of nitrogens with two attached hydrogens (primary N) is 1. The minimum atomic E-state index is -0.161. The van der Waals surface area contributed by atoms with Gasteiger partial charge < -0.3 is 21.4 Å². The smallest absolute Gasteiger partial charge is 0.231 e. The van der Waals surface area contributed by atoms with Crippen molar-refractivity contribution in [2.24, 2.45) is 0 Å². The van der Waals surface area contributed by atoms with Crippen molar-refractivity contribution in [1.82, 2.24) is 19.9 Å². The summed E-state index contributed by atoms with van der Waals surface area (Å²) in [6, 6.07) is 8.41. The van der Waals surface area contributed by atoms with Crippen molar-refractivity contribution in [3.8, 4) is 0 Å². The van der Waals surface area contributed by atoms with Gasteiger partial charge in [-0.1, -0.05) is 0 Å². The maximum absolute atomic E-state index is 5.81. The molecular weight excluding hydrogens is 346 g/mol. The molecule has 26 heavy (non-hydrogen) atoms. The van der Waals surface area contributed by atoms with Gasteiger partial charge in [-0.3, -0.25) is 0 Å². The molecule has 4 aromatic rings. The number of fused-ring (bicyclic) bond motifs is 2. The van der Waals surface area contributed by atoms with Crippen LogP contribution in [0.15, 0.2) is 24.3 Å². The lowest BCUT2D eigenvalue weighted by Crippen LogP contribution is -2.27. The molecular formula is C18H21N7S. The second kappa shape index (κ2) is 5.84. The second-order valence-corrected chi connectivity index (χ2v) is 8.61. The standard InChI is InChI=1S/C18H21N7S/c1-9-7-10-8-11(5-6-12(10)26-9)20-17-23-14-13(21-16(19)22-14)15(24-17)25-18(2,3)4/h5-8H,1-4H3,(H5,19,20,21,22,23,24,25). The Morgan fingerprint density at radius 2 is 1.92 bits per heavy atom. The third-order valence-electron chi connectivity index (χ3n) is 3.76. The first-order valence-electron chi connectivity index (χ1n) is 8.35. The van der Waals surface area contributed by atoms with E-state index in [9.17, 15) is 0 Å². The van der Waals surface area contributed by atoms with E-state index in [-0.39, 0.29) is 5.54 Å². The molecule has 0 saturated heterocycles. The molecule has 0 aliphatic heterocycles. The maximum Gasteiger partial charge on any atom is 0.231 e. The predicted octanol–water partition coefficient (Wildman–Crippen LogP) is 4.41. The summed E-state index contributed by atoms with van der Waals surface area (Å²) in [5.41, 5.74) is 7.81. The molecule has 5 N–H and O–H groups in total. The molecule has 0 amide bonds. The molecule has 0 aliphatic rings. The molecule has 0 spiro atoms. The van der Waals surface area contributed by atoms with Crippen LogP contribution in [0.4, 0.5) is 23.4 Å². The van der Waals surface area contributed by atoms with E-state index in [1.54, 1.807) is 11.3 Å². The minimum Gasteiger partial charge on any atom is -0.369 e. The number of aromatic nitrogens is 4. The van der Waals surface area contributed by atoms with Gasteiger partial charge in [0.2, 0.25) is 5.95 Å². The van der Waals surface area contributed by atoms with Gasteiger partial charge in [-0.25, -0.2) is 0 Å². The van der Waals surface area contributed by atoms with Gasteiger partial charge in [-0.05, 0) is 57.3 Å². The number of hydrogen-bond acceptors (Lipinski definition) is 7. The van der Waals surface area contributed by atoms with E-state index in [0.29, 0.717) is 28.9 Å². The molecule has 0 bridgehead atoms. The van der Waals surface area contributed by atoms with Gasteiger partial charge >= 0.3 is 0 Å². The fourth-order valence-corrected chi connectivity index (χ4v) is 3.70. The zero-order valence-corrected chi connectivity index (χ0v) is 16.0. The Bertz CT molecular complexity index is 1100. The first-order chi connectivity index (χ1) is 12.3. The van der Waals surface area contributed by atoms with Crippen LogP contribution in [0.25, 0.3) is 21.3 Å². The molecule has 3 heterocycles. The molecule has 0 saturated carbocycles. The number of rotatable bonds is 3. The summed E-state index contributed by atoms with van der Waals surface area (Å²) in [6.45, 7) is 8.32. The number of aryl methyl sites for hydroxylation is 1. The van der Waals surface area contributed by atoms with E-state index >= 15 is 0 Å². The summed E-state index contributed by atoms with van der Waals surface area (Å²) in [4.78, 5) is 17.7. The lowest BCUT2D eigenvalue weighted by atomic mass is 10.1. The molecule has 0 aliphatic carbocycles. The van der Waals surface area contributed by atoms with Crippen molar-refractivity contribution >= 4 is 56.0 Å². The first-order valence-corrected chi connectivity index (χ1v) is 9.17. The minimum absolute atomic E-state index is 0.161. The van der Waals surface area contributed by atoms with Crippen molar-refractivity contribution in [2.75, 3.05) is 16.4 Å². The SMILES string of the molecule is Cc1cc2cc(Nc3nc(NC(C)(C)C)c4[nH]c(N)nc4n3)ccc2s1. The Morgan fingerprint density at radius 3 is 2.69 bits per heavy atom. The van der Waals surface area contributed by atoms with Crippen LogP contribution in [0.3, 0.4) is 0 Å². The van der Waals surface area contributed by atoms with Crippen LogP contribution in [0.1, 0.15) is 25.6 Å². The van der Waals surface area contributed by atoms with E-state index in [0.717, 1.165) is 5.69 Å². The number of aromatic amines is 1. The van der Waals surface area contributed by atoms with E-state index in [4.69, 9.17) is 5.73 Å². The van der Waals surface area contributed by atoms with Crippen LogP contribution >= 0.6 is 11.3 Å². The molecule has 134 valence electrons. The number of imidazole rings is 1. The molecule has 8 heteroatoms. The van der Waals surface area contributed by atoms with Crippen LogP contribution in [0.5, 0.6) is 0 Å². The number of nitrogens with zero attached hydrogens (tertiary/aromatic N) is 3. The highest BCUT2D eigenvalue weighted by Gasteiger charge is 2.17. The van der Waals surface area contributed by atoms with Crippen LogP contribution in [0, 0.1) is 6.92 Å². The third-order valence-corrected chi connectivity index (χ3v) is 4.79. The lowest BCUT2D eigenvalue weighted by molar-refractivity contribution is 0.631. The van der Waals surface area contributed by atoms with Gasteiger partial charge in [0.1, 0.15) is 5.52 Å². The topological polar surface area (TPSA) is 105 Å². The summed E-state index contributed by atoms with van der Waals surface area (Å²) >= 11 is 1.78. The number of benzene rings is 1. The summed E-state index contributed by atoms with van der Waals surface area (Å²) in [5, 5.41) is 7.87. The summed E-state index contributed by atoms with van der Waals surface area (Å²) in [7, 11) is 0. The van der Waals surface area contributed by atoms with Crippen molar-refractivity contribution in [2.45, 2.75) is 33.2 Å². The Hall–Kier alpha value is -2.87. The fraction of sp³-hybridized carbons (Fsp3) is 0.278. The van der Waals surface area contributed by atoms with Gasteiger partial charge in [0.25, 0.3) is 0 Å². The molecule has 7 nitrogen and oxygen atoms in total. The van der Waals surface area contributed by atoms with Gasteiger partial charge in [0.05, 0.1) is 0 Å². The maximum atomic E-state index is 5.81. The molecule has 1 aromatic carbocycles. The zero-order valence-electron chi connectivity index (χ0n) is 15.1. The molecule has 0 fully saturated rings. The van der Waals surface area contributed by atoms with E-state index < -0.39 is 0 Å². The summed E-state index contributed by atoms with van der Waals surface area (Å²) in [6.07, 6.45) is 0. The number of H-pyrrole nitrogens is 1. The van der Waals surface area contributed by atoms with Crippen molar-refractivity contribution in [3.63, 3.8) is 0 Å². The normalized spacial score (nSPS) is 12.0. The molecule has 4 rings (SSSR count). The second-order valence-electron chi connectivity index (χ2n) is 7.33. The van der Waals surface area contributed by atoms with E-state index in [1.807, 2.05) is 6.07 Å². The van der Waals surface area contributed by atoms with Gasteiger partial charge in [0, 0.05) is 20.8 Å². The highest BCUT2D eigenvalue weighted by molar-refractivity contribution is 7.19. The van der Waals surface area contributed by atoms with E-state index in [2.05, 4.69) is 76.5 Å². The Kier molecular flexibility index (Phi) is 3.73. The molecule has 0 radical (unpaired) electrons. The monoisotopic (exact) mass is 367 g/mol. The van der Waals surface area contributed by atoms with Crippen molar-refractivity contribution in [3.05, 3.63) is 29.1 Å². The average molecular weight is 367 g/mol. The van der Waals surface area contributed by atoms with Gasteiger partial charge in [-0.2, -0.15) is 15.0 Å². The summed E-state index contributed by atoms with van der Waals surface area (Å²) < 4.78 is 1.26. The Balaban J connectivity index is 1.74. The Morgan fingerprint density at radius 1 is 1.12 bits per heavy atom.